The van der Waals surface area contributed by atoms with Crippen LogP contribution in [-0.4, -0.2) is 6.54 Å². The van der Waals surface area contributed by atoms with Crippen LogP contribution in [0.15, 0.2) is 42.5 Å². The van der Waals surface area contributed by atoms with Crippen molar-refractivity contribution in [3.63, 3.8) is 0 Å². The summed E-state index contributed by atoms with van der Waals surface area (Å²) < 4.78 is 5.75. The van der Waals surface area contributed by atoms with Crippen molar-refractivity contribution in [1.82, 2.24) is 5.32 Å². The van der Waals surface area contributed by atoms with E-state index < -0.39 is 0 Å². The molecule has 2 rings (SSSR count). The van der Waals surface area contributed by atoms with E-state index in [-0.39, 0.29) is 0 Å². The smallest absolute Gasteiger partial charge is 0.146 e. The third kappa shape index (κ3) is 3.89. The number of ether oxygens (including phenoxy) is 1. The molecular formula is C16H17Cl2NO. The predicted octanol–water partition coefficient (Wildman–Crippen LogP) is 5.46. The van der Waals surface area contributed by atoms with Gasteiger partial charge in [-0.1, -0.05) is 42.3 Å². The number of benzene rings is 2. The van der Waals surface area contributed by atoms with Crippen LogP contribution in [0.1, 0.15) is 25.5 Å². The Labute approximate surface area is 129 Å². The highest BCUT2D eigenvalue weighted by atomic mass is 35.5. The lowest BCUT2D eigenvalue weighted by molar-refractivity contribution is 0.482. The number of hydrogen-bond donors (Lipinski definition) is 1. The van der Waals surface area contributed by atoms with Crippen molar-refractivity contribution in [2.24, 2.45) is 0 Å². The lowest BCUT2D eigenvalue weighted by Gasteiger charge is -2.13. The van der Waals surface area contributed by atoms with E-state index in [0.717, 1.165) is 12.3 Å². The molecule has 0 aliphatic rings. The van der Waals surface area contributed by atoms with Gasteiger partial charge >= 0.3 is 0 Å². The van der Waals surface area contributed by atoms with Crippen LogP contribution in [0.2, 0.25) is 10.0 Å². The first-order valence-corrected chi connectivity index (χ1v) is 7.32. The zero-order valence-corrected chi connectivity index (χ0v) is 13.0. The Hall–Kier alpha value is -1.22. The van der Waals surface area contributed by atoms with Gasteiger partial charge in [0.15, 0.2) is 0 Å². The lowest BCUT2D eigenvalue weighted by atomic mass is 10.1. The summed E-state index contributed by atoms with van der Waals surface area (Å²) in [5.41, 5.74) is 1.22. The summed E-state index contributed by atoms with van der Waals surface area (Å²) in [5.74, 6) is 1.35. The second-order valence-electron chi connectivity index (χ2n) is 4.53. The van der Waals surface area contributed by atoms with E-state index in [1.807, 2.05) is 24.3 Å². The molecule has 2 nitrogen and oxygen atoms in total. The minimum Gasteiger partial charge on any atom is -0.456 e. The molecule has 0 amide bonds. The maximum atomic E-state index is 6.08. The quantitative estimate of drug-likeness (QED) is 0.792. The summed E-state index contributed by atoms with van der Waals surface area (Å²) in [7, 11) is 0. The Kier molecular flexibility index (Phi) is 5.30. The molecule has 0 fully saturated rings. The molecule has 4 heteroatoms. The van der Waals surface area contributed by atoms with Crippen molar-refractivity contribution in [2.75, 3.05) is 6.54 Å². The van der Waals surface area contributed by atoms with E-state index in [4.69, 9.17) is 27.9 Å². The average molecular weight is 310 g/mol. The Morgan fingerprint density at radius 1 is 1.10 bits per heavy atom. The highest BCUT2D eigenvalue weighted by Gasteiger charge is 2.06. The standard InChI is InChI=1S/C16H17Cl2NO/c1-3-19-11(2)12-4-7-14(8-5-12)20-16-9-6-13(17)10-15(16)18/h4-11,19H,3H2,1-2H3. The number of nitrogens with one attached hydrogen (secondary N) is 1. The molecule has 0 saturated heterocycles. The van der Waals surface area contributed by atoms with E-state index in [0.29, 0.717) is 21.8 Å². The van der Waals surface area contributed by atoms with Crippen LogP contribution in [0.25, 0.3) is 0 Å². The Balaban J connectivity index is 2.10. The van der Waals surface area contributed by atoms with Crippen LogP contribution < -0.4 is 10.1 Å². The zero-order valence-electron chi connectivity index (χ0n) is 11.5. The van der Waals surface area contributed by atoms with E-state index >= 15 is 0 Å². The van der Waals surface area contributed by atoms with Crippen LogP contribution in [-0.2, 0) is 0 Å². The molecule has 106 valence electrons. The van der Waals surface area contributed by atoms with Crippen LogP contribution in [0.3, 0.4) is 0 Å². The molecule has 1 N–H and O–H groups in total. The molecular weight excluding hydrogens is 293 g/mol. The monoisotopic (exact) mass is 309 g/mol. The molecule has 0 radical (unpaired) electrons. The Morgan fingerprint density at radius 3 is 2.40 bits per heavy atom. The van der Waals surface area contributed by atoms with Crippen molar-refractivity contribution >= 4 is 23.2 Å². The molecule has 1 unspecified atom stereocenters. The maximum Gasteiger partial charge on any atom is 0.146 e. The van der Waals surface area contributed by atoms with Crippen LogP contribution in [0.4, 0.5) is 0 Å². The zero-order chi connectivity index (χ0) is 14.5. The fourth-order valence-corrected chi connectivity index (χ4v) is 2.38. The molecule has 2 aromatic rings. The second-order valence-corrected chi connectivity index (χ2v) is 5.37. The van der Waals surface area contributed by atoms with E-state index in [1.54, 1.807) is 18.2 Å². The van der Waals surface area contributed by atoms with Gasteiger partial charge in [0.1, 0.15) is 11.5 Å². The molecule has 20 heavy (non-hydrogen) atoms. The molecule has 0 aliphatic heterocycles. The van der Waals surface area contributed by atoms with Crippen molar-refractivity contribution in [3.05, 3.63) is 58.1 Å². The van der Waals surface area contributed by atoms with Gasteiger partial charge in [0, 0.05) is 11.1 Å². The molecule has 0 heterocycles. The first kappa shape index (κ1) is 15.2. The van der Waals surface area contributed by atoms with Gasteiger partial charge in [0.05, 0.1) is 5.02 Å². The van der Waals surface area contributed by atoms with E-state index in [9.17, 15) is 0 Å². The maximum absolute atomic E-state index is 6.08. The highest BCUT2D eigenvalue weighted by Crippen LogP contribution is 2.31. The van der Waals surface area contributed by atoms with Gasteiger partial charge in [-0.3, -0.25) is 0 Å². The van der Waals surface area contributed by atoms with Gasteiger partial charge in [0.25, 0.3) is 0 Å². The van der Waals surface area contributed by atoms with Crippen molar-refractivity contribution in [3.8, 4) is 11.5 Å². The highest BCUT2D eigenvalue weighted by molar-refractivity contribution is 6.35. The van der Waals surface area contributed by atoms with Gasteiger partial charge in [0.2, 0.25) is 0 Å². The van der Waals surface area contributed by atoms with Crippen LogP contribution in [0.5, 0.6) is 11.5 Å². The van der Waals surface area contributed by atoms with Gasteiger partial charge in [-0.15, -0.1) is 0 Å². The van der Waals surface area contributed by atoms with Gasteiger partial charge in [-0.05, 0) is 49.4 Å². The fraction of sp³-hybridized carbons (Fsp3) is 0.250. The summed E-state index contributed by atoms with van der Waals surface area (Å²) in [5, 5.41) is 4.47. The third-order valence-electron chi connectivity index (χ3n) is 3.01. The molecule has 0 bridgehead atoms. The van der Waals surface area contributed by atoms with Crippen LogP contribution >= 0.6 is 23.2 Å². The molecule has 0 aromatic heterocycles. The average Bonchev–Trinajstić information content (AvgIpc) is 2.43. The van der Waals surface area contributed by atoms with Crippen LogP contribution in [0, 0.1) is 0 Å². The SMILES string of the molecule is CCNC(C)c1ccc(Oc2ccc(Cl)cc2Cl)cc1. The summed E-state index contributed by atoms with van der Waals surface area (Å²) in [6, 6.07) is 13.5. The molecule has 0 saturated carbocycles. The second kappa shape index (κ2) is 6.98. The first-order valence-electron chi connectivity index (χ1n) is 6.56. The molecule has 1 atom stereocenters. The normalized spacial score (nSPS) is 12.2. The fourth-order valence-electron chi connectivity index (χ4n) is 1.93. The Bertz CT molecular complexity index is 569. The number of hydrogen-bond acceptors (Lipinski definition) is 2. The molecule has 0 aliphatic carbocycles. The topological polar surface area (TPSA) is 21.3 Å². The summed E-state index contributed by atoms with van der Waals surface area (Å²) in [6.07, 6.45) is 0. The van der Waals surface area contributed by atoms with Gasteiger partial charge in [-0.2, -0.15) is 0 Å². The van der Waals surface area contributed by atoms with E-state index in [1.165, 1.54) is 5.56 Å². The summed E-state index contributed by atoms with van der Waals surface area (Å²) in [4.78, 5) is 0. The van der Waals surface area contributed by atoms with Gasteiger partial charge in [-0.25, -0.2) is 0 Å². The largest absolute Gasteiger partial charge is 0.456 e. The molecule has 0 spiro atoms. The Morgan fingerprint density at radius 2 is 1.80 bits per heavy atom. The minimum atomic E-state index is 0.327. The van der Waals surface area contributed by atoms with Crippen molar-refractivity contribution in [1.29, 1.82) is 0 Å². The third-order valence-corrected chi connectivity index (χ3v) is 3.54. The number of rotatable bonds is 5. The number of halogens is 2. The summed E-state index contributed by atoms with van der Waals surface area (Å²) in [6.45, 7) is 5.17. The summed E-state index contributed by atoms with van der Waals surface area (Å²) >= 11 is 11.9. The minimum absolute atomic E-state index is 0.327. The van der Waals surface area contributed by atoms with Crippen molar-refractivity contribution in [2.45, 2.75) is 19.9 Å². The molecule has 2 aromatic carbocycles. The lowest BCUT2D eigenvalue weighted by Crippen LogP contribution is -2.17. The van der Waals surface area contributed by atoms with E-state index in [2.05, 4.69) is 19.2 Å². The predicted molar refractivity (Wildman–Crippen MR) is 85.1 cm³/mol. The van der Waals surface area contributed by atoms with Gasteiger partial charge < -0.3 is 10.1 Å². The van der Waals surface area contributed by atoms with Crippen molar-refractivity contribution < 1.29 is 4.74 Å². The first-order chi connectivity index (χ1) is 9.60.